The number of rotatable bonds is 2. The second-order valence-corrected chi connectivity index (χ2v) is 8.81. The Kier molecular flexibility index (Phi) is 5.21. The lowest BCUT2D eigenvalue weighted by molar-refractivity contribution is -0.0313. The highest BCUT2D eigenvalue weighted by Crippen LogP contribution is 2.45. The van der Waals surface area contributed by atoms with Gasteiger partial charge in [0.05, 0.1) is 11.0 Å². The highest BCUT2D eigenvalue weighted by atomic mass is 16.3. The SMILES string of the molecule is Cc1nc2ccc(C(=O)N3CCC4(CCN(C)CC4)C(CO)C3)cc2n(C)c1=O. The molecule has 2 aliphatic rings. The molecule has 0 saturated carbocycles. The number of aryl methyl sites for hydroxylation is 2. The zero-order chi connectivity index (χ0) is 20.8. The van der Waals surface area contributed by atoms with Crippen LogP contribution in [0.4, 0.5) is 0 Å². The predicted molar refractivity (Wildman–Crippen MR) is 112 cm³/mol. The molecule has 1 aromatic carbocycles. The number of aliphatic hydroxyl groups excluding tert-OH is 1. The van der Waals surface area contributed by atoms with E-state index in [1.165, 1.54) is 0 Å². The van der Waals surface area contributed by atoms with Crippen LogP contribution in [0.2, 0.25) is 0 Å². The van der Waals surface area contributed by atoms with Crippen LogP contribution in [0, 0.1) is 18.3 Å². The molecule has 1 unspecified atom stereocenters. The van der Waals surface area contributed by atoms with E-state index in [1.54, 1.807) is 36.7 Å². The van der Waals surface area contributed by atoms with Gasteiger partial charge in [0.2, 0.25) is 0 Å². The van der Waals surface area contributed by atoms with Crippen molar-refractivity contribution >= 4 is 16.9 Å². The Morgan fingerprint density at radius 3 is 2.59 bits per heavy atom. The van der Waals surface area contributed by atoms with E-state index in [-0.39, 0.29) is 29.4 Å². The third-order valence-corrected chi connectivity index (χ3v) is 7.16. The monoisotopic (exact) mass is 398 g/mol. The lowest BCUT2D eigenvalue weighted by Crippen LogP contribution is -2.54. The van der Waals surface area contributed by atoms with E-state index in [1.807, 2.05) is 4.90 Å². The molecule has 7 nitrogen and oxygen atoms in total. The molecule has 2 saturated heterocycles. The molecule has 2 fully saturated rings. The third-order valence-electron chi connectivity index (χ3n) is 7.16. The van der Waals surface area contributed by atoms with Crippen LogP contribution in [0.3, 0.4) is 0 Å². The number of aromatic nitrogens is 2. The molecule has 2 aliphatic heterocycles. The second kappa shape index (κ2) is 7.54. The molecule has 156 valence electrons. The average Bonchev–Trinajstić information content (AvgIpc) is 2.74. The minimum absolute atomic E-state index is 0.0406. The molecule has 2 aromatic rings. The number of carbonyl (C=O) groups is 1. The normalized spacial score (nSPS) is 22.3. The fourth-order valence-electron chi connectivity index (χ4n) is 5.05. The van der Waals surface area contributed by atoms with Gasteiger partial charge in [-0.3, -0.25) is 9.59 Å². The fraction of sp³-hybridized carbons (Fsp3) is 0.591. The number of benzene rings is 1. The van der Waals surface area contributed by atoms with Gasteiger partial charge in [0, 0.05) is 38.2 Å². The molecular formula is C22H30N4O3. The van der Waals surface area contributed by atoms with Crippen molar-refractivity contribution in [3.05, 3.63) is 39.8 Å². The summed E-state index contributed by atoms with van der Waals surface area (Å²) in [7, 11) is 3.85. The van der Waals surface area contributed by atoms with Gasteiger partial charge in [-0.05, 0) is 69.9 Å². The standard InChI is InChI=1S/C22H30N4O3/c1-15-20(28)25(3)19-12-16(4-5-18(19)23-15)21(29)26-11-8-22(17(13-26)14-27)6-9-24(2)10-7-22/h4-5,12,17,27H,6-11,13-14H2,1-3H3. The summed E-state index contributed by atoms with van der Waals surface area (Å²) in [6, 6.07) is 5.36. The molecule has 4 rings (SSSR count). The van der Waals surface area contributed by atoms with E-state index < -0.39 is 0 Å². The number of likely N-dealkylation sites (tertiary alicyclic amines) is 2. The summed E-state index contributed by atoms with van der Waals surface area (Å²) in [5.41, 5.74) is 2.38. The van der Waals surface area contributed by atoms with E-state index in [0.717, 1.165) is 32.4 Å². The van der Waals surface area contributed by atoms with E-state index in [2.05, 4.69) is 16.9 Å². The largest absolute Gasteiger partial charge is 0.396 e. The van der Waals surface area contributed by atoms with Crippen molar-refractivity contribution in [1.82, 2.24) is 19.4 Å². The highest BCUT2D eigenvalue weighted by molar-refractivity contribution is 5.97. The van der Waals surface area contributed by atoms with Crippen LogP contribution < -0.4 is 5.56 Å². The molecule has 1 N–H and O–H groups in total. The van der Waals surface area contributed by atoms with Crippen molar-refractivity contribution in [2.45, 2.75) is 26.2 Å². The molecular weight excluding hydrogens is 368 g/mol. The zero-order valence-corrected chi connectivity index (χ0v) is 17.5. The maximum absolute atomic E-state index is 13.2. The van der Waals surface area contributed by atoms with E-state index in [9.17, 15) is 14.7 Å². The van der Waals surface area contributed by atoms with Crippen LogP contribution >= 0.6 is 0 Å². The molecule has 0 radical (unpaired) electrons. The summed E-state index contributed by atoms with van der Waals surface area (Å²) >= 11 is 0. The summed E-state index contributed by atoms with van der Waals surface area (Å²) in [6.45, 7) is 5.21. The Morgan fingerprint density at radius 1 is 1.21 bits per heavy atom. The van der Waals surface area contributed by atoms with Crippen LogP contribution in [0.1, 0.15) is 35.3 Å². The highest BCUT2D eigenvalue weighted by Gasteiger charge is 2.45. The smallest absolute Gasteiger partial charge is 0.272 e. The van der Waals surface area contributed by atoms with Gasteiger partial charge in [0.15, 0.2) is 0 Å². The van der Waals surface area contributed by atoms with Gasteiger partial charge >= 0.3 is 0 Å². The number of hydrogen-bond donors (Lipinski definition) is 1. The summed E-state index contributed by atoms with van der Waals surface area (Å²) in [5, 5.41) is 10.1. The number of nitrogens with zero attached hydrogens (tertiary/aromatic N) is 4. The molecule has 7 heteroatoms. The number of aliphatic hydroxyl groups is 1. The Hall–Kier alpha value is -2.25. The van der Waals surface area contributed by atoms with E-state index in [0.29, 0.717) is 35.4 Å². The first-order chi connectivity index (χ1) is 13.8. The Bertz CT molecular complexity index is 991. The van der Waals surface area contributed by atoms with Gasteiger partial charge in [-0.1, -0.05) is 0 Å². The molecule has 0 bridgehead atoms. The number of hydrogen-bond acceptors (Lipinski definition) is 5. The Morgan fingerprint density at radius 2 is 1.90 bits per heavy atom. The van der Waals surface area contributed by atoms with Crippen molar-refractivity contribution < 1.29 is 9.90 Å². The number of carbonyl (C=O) groups excluding carboxylic acids is 1. The fourth-order valence-corrected chi connectivity index (χ4v) is 5.05. The second-order valence-electron chi connectivity index (χ2n) is 8.81. The van der Waals surface area contributed by atoms with Gasteiger partial charge in [-0.2, -0.15) is 0 Å². The minimum atomic E-state index is -0.148. The maximum Gasteiger partial charge on any atom is 0.272 e. The topological polar surface area (TPSA) is 78.7 Å². The first-order valence-corrected chi connectivity index (χ1v) is 10.4. The summed E-state index contributed by atoms with van der Waals surface area (Å²) < 4.78 is 1.55. The lowest BCUT2D eigenvalue weighted by Gasteiger charge is -2.51. The van der Waals surface area contributed by atoms with Crippen molar-refractivity contribution in [3.63, 3.8) is 0 Å². The van der Waals surface area contributed by atoms with Crippen LogP contribution in [-0.2, 0) is 7.05 Å². The molecule has 1 atom stereocenters. The molecule has 0 aliphatic carbocycles. The van der Waals surface area contributed by atoms with Crippen molar-refractivity contribution in [1.29, 1.82) is 0 Å². The number of piperidine rings is 2. The minimum Gasteiger partial charge on any atom is -0.396 e. The summed E-state index contributed by atoms with van der Waals surface area (Å²) in [4.78, 5) is 34.0. The third kappa shape index (κ3) is 3.46. The first kappa shape index (κ1) is 20.0. The predicted octanol–water partition coefficient (Wildman–Crippen LogP) is 1.41. The summed E-state index contributed by atoms with van der Waals surface area (Å²) in [5.74, 6) is 0.0733. The first-order valence-electron chi connectivity index (χ1n) is 10.4. The zero-order valence-electron chi connectivity index (χ0n) is 17.5. The number of fused-ring (bicyclic) bond motifs is 1. The van der Waals surface area contributed by atoms with Crippen molar-refractivity contribution in [2.75, 3.05) is 39.8 Å². The van der Waals surface area contributed by atoms with Crippen molar-refractivity contribution in [3.8, 4) is 0 Å². The van der Waals surface area contributed by atoms with Crippen LogP contribution in [0.15, 0.2) is 23.0 Å². The number of amides is 1. The maximum atomic E-state index is 13.2. The molecule has 3 heterocycles. The van der Waals surface area contributed by atoms with Crippen LogP contribution in [0.25, 0.3) is 11.0 Å². The van der Waals surface area contributed by atoms with Crippen molar-refractivity contribution in [2.24, 2.45) is 18.4 Å². The lowest BCUT2D eigenvalue weighted by atomic mass is 9.64. The van der Waals surface area contributed by atoms with E-state index in [4.69, 9.17) is 0 Å². The van der Waals surface area contributed by atoms with Gasteiger partial charge in [-0.25, -0.2) is 4.98 Å². The molecule has 29 heavy (non-hydrogen) atoms. The van der Waals surface area contributed by atoms with Crippen LogP contribution in [-0.4, -0.2) is 70.2 Å². The van der Waals surface area contributed by atoms with Gasteiger partial charge in [-0.15, -0.1) is 0 Å². The molecule has 1 spiro atoms. The van der Waals surface area contributed by atoms with Crippen LogP contribution in [0.5, 0.6) is 0 Å². The Labute approximate surface area is 170 Å². The van der Waals surface area contributed by atoms with Gasteiger partial charge < -0.3 is 19.5 Å². The quantitative estimate of drug-likeness (QED) is 0.828. The molecule has 1 amide bonds. The average molecular weight is 399 g/mol. The Balaban J connectivity index is 1.58. The van der Waals surface area contributed by atoms with E-state index >= 15 is 0 Å². The van der Waals surface area contributed by atoms with Gasteiger partial charge in [0.1, 0.15) is 5.69 Å². The summed E-state index contributed by atoms with van der Waals surface area (Å²) in [6.07, 6.45) is 3.10. The van der Waals surface area contributed by atoms with Gasteiger partial charge in [0.25, 0.3) is 11.5 Å². The molecule has 1 aromatic heterocycles.